The van der Waals surface area contributed by atoms with Gasteiger partial charge in [-0.3, -0.25) is 4.79 Å². The van der Waals surface area contributed by atoms with Gasteiger partial charge in [0, 0.05) is 43.4 Å². The maximum absolute atomic E-state index is 12.5. The van der Waals surface area contributed by atoms with Crippen LogP contribution in [0.4, 0.5) is 10.5 Å². The minimum absolute atomic E-state index is 0.223. The normalized spacial score (nSPS) is 14.8. The third-order valence-electron chi connectivity index (χ3n) is 5.12. The van der Waals surface area contributed by atoms with Crippen LogP contribution in [0.15, 0.2) is 48.5 Å². The lowest BCUT2D eigenvalue weighted by Crippen LogP contribution is -2.55. The largest absolute Gasteiger partial charge is 0.497 e. The summed E-state index contributed by atoms with van der Waals surface area (Å²) in [6.45, 7) is 4.72. The zero-order valence-electron chi connectivity index (χ0n) is 17.2. The van der Waals surface area contributed by atoms with Crippen LogP contribution in [0, 0.1) is 0 Å². The monoisotopic (exact) mass is 430 g/mol. The van der Waals surface area contributed by atoms with E-state index in [0.717, 1.165) is 30.1 Å². The van der Waals surface area contributed by atoms with E-state index >= 15 is 0 Å². The molecule has 2 aromatic carbocycles. The predicted octanol–water partition coefficient (Wildman–Crippen LogP) is 2.89. The van der Waals surface area contributed by atoms with Crippen molar-refractivity contribution < 1.29 is 14.3 Å². The van der Waals surface area contributed by atoms with E-state index in [0.29, 0.717) is 24.7 Å². The van der Waals surface area contributed by atoms with Crippen molar-refractivity contribution in [2.75, 3.05) is 38.2 Å². The van der Waals surface area contributed by atoms with Crippen molar-refractivity contribution >= 4 is 29.2 Å². The first kappa shape index (κ1) is 21.8. The molecule has 3 amide bonds. The first-order valence-corrected chi connectivity index (χ1v) is 10.3. The van der Waals surface area contributed by atoms with E-state index in [1.165, 1.54) is 0 Å². The number of nitrogens with zero attached hydrogens (tertiary/aromatic N) is 2. The molecule has 1 unspecified atom stereocenters. The highest BCUT2D eigenvalue weighted by atomic mass is 35.5. The van der Waals surface area contributed by atoms with Gasteiger partial charge in [0.15, 0.2) is 0 Å². The highest BCUT2D eigenvalue weighted by molar-refractivity contribution is 6.30. The van der Waals surface area contributed by atoms with Crippen LogP contribution >= 0.6 is 11.6 Å². The number of methoxy groups -OCH3 is 1. The number of ether oxygens (including phenoxy) is 1. The van der Waals surface area contributed by atoms with Gasteiger partial charge in [-0.15, -0.1) is 0 Å². The van der Waals surface area contributed by atoms with E-state index in [-0.39, 0.29) is 11.9 Å². The van der Waals surface area contributed by atoms with Crippen LogP contribution < -0.4 is 20.3 Å². The Labute approximate surface area is 181 Å². The fourth-order valence-electron chi connectivity index (χ4n) is 3.25. The molecule has 0 radical (unpaired) electrons. The molecule has 1 saturated heterocycles. The third-order valence-corrected chi connectivity index (χ3v) is 5.37. The van der Waals surface area contributed by atoms with Gasteiger partial charge >= 0.3 is 6.03 Å². The number of nitrogens with one attached hydrogen (secondary N) is 2. The second-order valence-corrected chi connectivity index (χ2v) is 7.62. The molecule has 1 aliphatic rings. The van der Waals surface area contributed by atoms with E-state index in [1.807, 2.05) is 48.5 Å². The van der Waals surface area contributed by atoms with Crippen molar-refractivity contribution in [1.29, 1.82) is 0 Å². The number of piperazine rings is 1. The number of anilines is 1. The van der Waals surface area contributed by atoms with Crippen molar-refractivity contribution in [3.05, 3.63) is 59.1 Å². The zero-order valence-corrected chi connectivity index (χ0v) is 18.0. The molecular weight excluding hydrogens is 404 g/mol. The quantitative estimate of drug-likeness (QED) is 0.739. The van der Waals surface area contributed by atoms with Gasteiger partial charge in [0.2, 0.25) is 5.91 Å². The molecule has 8 heteroatoms. The van der Waals surface area contributed by atoms with Crippen LogP contribution in [0.2, 0.25) is 5.02 Å². The average Bonchev–Trinajstić information content (AvgIpc) is 2.78. The number of rotatable bonds is 6. The summed E-state index contributed by atoms with van der Waals surface area (Å²) in [5.74, 6) is 0.542. The van der Waals surface area contributed by atoms with Gasteiger partial charge in [0.05, 0.1) is 7.11 Å². The number of hydrogen-bond donors (Lipinski definition) is 2. The first-order chi connectivity index (χ1) is 14.5. The van der Waals surface area contributed by atoms with Crippen molar-refractivity contribution in [1.82, 2.24) is 15.5 Å². The lowest BCUT2D eigenvalue weighted by Gasteiger charge is -2.36. The van der Waals surface area contributed by atoms with Gasteiger partial charge in [-0.25, -0.2) is 4.79 Å². The molecule has 30 heavy (non-hydrogen) atoms. The summed E-state index contributed by atoms with van der Waals surface area (Å²) < 4.78 is 5.12. The Morgan fingerprint density at radius 2 is 1.67 bits per heavy atom. The first-order valence-electron chi connectivity index (χ1n) is 9.93. The smallest absolute Gasteiger partial charge is 0.318 e. The SMILES string of the molecule is COc1ccc(CNC(=O)C(C)NC(=O)N2CCN(c3ccc(Cl)cc3)CC2)cc1. The van der Waals surface area contributed by atoms with Crippen LogP contribution in [-0.2, 0) is 11.3 Å². The minimum atomic E-state index is -0.620. The molecule has 3 rings (SSSR count). The number of hydrogen-bond acceptors (Lipinski definition) is 4. The number of amides is 3. The third kappa shape index (κ3) is 5.79. The molecule has 1 fully saturated rings. The summed E-state index contributed by atoms with van der Waals surface area (Å²) in [6, 6.07) is 14.3. The second-order valence-electron chi connectivity index (χ2n) is 7.19. The summed E-state index contributed by atoms with van der Waals surface area (Å²) in [4.78, 5) is 28.8. The Kier molecular flexibility index (Phi) is 7.41. The summed E-state index contributed by atoms with van der Waals surface area (Å²) in [5, 5.41) is 6.34. The average molecular weight is 431 g/mol. The maximum Gasteiger partial charge on any atom is 0.318 e. The molecule has 1 aliphatic heterocycles. The second kappa shape index (κ2) is 10.2. The molecule has 0 aliphatic carbocycles. The summed E-state index contributed by atoms with van der Waals surface area (Å²) in [6.07, 6.45) is 0. The van der Waals surface area contributed by atoms with Crippen molar-refractivity contribution in [3.8, 4) is 5.75 Å². The zero-order chi connectivity index (χ0) is 21.5. The van der Waals surface area contributed by atoms with Crippen molar-refractivity contribution in [2.45, 2.75) is 19.5 Å². The Bertz CT molecular complexity index is 850. The fraction of sp³-hybridized carbons (Fsp3) is 0.364. The van der Waals surface area contributed by atoms with Gasteiger partial charge in [-0.1, -0.05) is 23.7 Å². The highest BCUT2D eigenvalue weighted by Gasteiger charge is 2.24. The van der Waals surface area contributed by atoms with Crippen molar-refractivity contribution in [3.63, 3.8) is 0 Å². The van der Waals surface area contributed by atoms with E-state index in [1.54, 1.807) is 18.9 Å². The molecular formula is C22H27ClN4O3. The lowest BCUT2D eigenvalue weighted by atomic mass is 10.2. The number of halogens is 1. The van der Waals surface area contributed by atoms with Gasteiger partial charge in [0.1, 0.15) is 11.8 Å². The van der Waals surface area contributed by atoms with E-state index < -0.39 is 6.04 Å². The Morgan fingerprint density at radius 3 is 2.27 bits per heavy atom. The summed E-state index contributed by atoms with van der Waals surface area (Å²) in [5.41, 5.74) is 2.05. The summed E-state index contributed by atoms with van der Waals surface area (Å²) >= 11 is 5.94. The molecule has 0 spiro atoms. The Morgan fingerprint density at radius 1 is 1.03 bits per heavy atom. The molecule has 1 heterocycles. The maximum atomic E-state index is 12.5. The van der Waals surface area contributed by atoms with Crippen LogP contribution in [0.1, 0.15) is 12.5 Å². The Balaban J connectivity index is 1.42. The van der Waals surface area contributed by atoms with Gasteiger partial charge in [0.25, 0.3) is 0 Å². The lowest BCUT2D eigenvalue weighted by molar-refractivity contribution is -0.122. The van der Waals surface area contributed by atoms with E-state index in [9.17, 15) is 9.59 Å². The molecule has 2 aromatic rings. The fourth-order valence-corrected chi connectivity index (χ4v) is 3.37. The summed E-state index contributed by atoms with van der Waals surface area (Å²) in [7, 11) is 1.61. The number of benzene rings is 2. The van der Waals surface area contributed by atoms with Crippen LogP contribution in [0.3, 0.4) is 0 Å². The highest BCUT2D eigenvalue weighted by Crippen LogP contribution is 2.19. The molecule has 1 atom stereocenters. The minimum Gasteiger partial charge on any atom is -0.497 e. The molecule has 160 valence electrons. The topological polar surface area (TPSA) is 73.9 Å². The predicted molar refractivity (Wildman–Crippen MR) is 118 cm³/mol. The number of carbonyl (C=O) groups is 2. The number of urea groups is 1. The van der Waals surface area contributed by atoms with Crippen molar-refractivity contribution in [2.24, 2.45) is 0 Å². The van der Waals surface area contributed by atoms with E-state index in [4.69, 9.17) is 16.3 Å². The van der Waals surface area contributed by atoms with Crippen LogP contribution in [0.5, 0.6) is 5.75 Å². The van der Waals surface area contributed by atoms with Crippen LogP contribution in [-0.4, -0.2) is 56.2 Å². The molecule has 2 N–H and O–H groups in total. The molecule has 0 bridgehead atoms. The molecule has 7 nitrogen and oxygen atoms in total. The number of carbonyl (C=O) groups excluding carboxylic acids is 2. The molecule has 0 saturated carbocycles. The van der Waals surface area contributed by atoms with E-state index in [2.05, 4.69) is 15.5 Å². The van der Waals surface area contributed by atoms with Gasteiger partial charge in [-0.05, 0) is 48.9 Å². The Hall–Kier alpha value is -2.93. The van der Waals surface area contributed by atoms with Crippen LogP contribution in [0.25, 0.3) is 0 Å². The van der Waals surface area contributed by atoms with Gasteiger partial charge in [-0.2, -0.15) is 0 Å². The standard InChI is InChI=1S/C22H27ClN4O3/c1-16(21(28)24-15-17-3-9-20(30-2)10-4-17)25-22(29)27-13-11-26(12-14-27)19-7-5-18(23)6-8-19/h3-10,16H,11-15H2,1-2H3,(H,24,28)(H,25,29). The molecule has 0 aromatic heterocycles. The van der Waals surface area contributed by atoms with Gasteiger partial charge < -0.3 is 25.2 Å².